The topological polar surface area (TPSA) is 46.4 Å². The van der Waals surface area contributed by atoms with Gasteiger partial charge in [0.15, 0.2) is 0 Å². The highest BCUT2D eigenvalue weighted by molar-refractivity contribution is 6.02. The molecule has 0 spiro atoms. The van der Waals surface area contributed by atoms with Crippen molar-refractivity contribution in [2.45, 2.75) is 39.7 Å². The Labute approximate surface area is 166 Å². The average molecular weight is 374 g/mol. The molecule has 0 aliphatic carbocycles. The molecule has 1 amide bonds. The summed E-state index contributed by atoms with van der Waals surface area (Å²) in [6, 6.07) is 15.8. The zero-order valence-corrected chi connectivity index (χ0v) is 17.0. The summed E-state index contributed by atoms with van der Waals surface area (Å²) < 4.78 is 2.19. The van der Waals surface area contributed by atoms with Crippen molar-refractivity contribution in [3.05, 3.63) is 83.6 Å². The molecule has 0 saturated heterocycles. The van der Waals surface area contributed by atoms with Crippen LogP contribution in [0.1, 0.15) is 48.0 Å². The van der Waals surface area contributed by atoms with Crippen LogP contribution >= 0.6 is 0 Å². The van der Waals surface area contributed by atoms with Crippen LogP contribution in [-0.4, -0.2) is 16.7 Å². The Bertz CT molecular complexity index is 1030. The van der Waals surface area contributed by atoms with Gasteiger partial charge < -0.3 is 4.57 Å². The number of rotatable bonds is 5. The second-order valence-corrected chi connectivity index (χ2v) is 7.94. The fraction of sp³-hybridized carbons (Fsp3) is 0.250. The Morgan fingerprint density at radius 1 is 1.14 bits per heavy atom. The van der Waals surface area contributed by atoms with E-state index in [2.05, 4.69) is 61.5 Å². The quantitative estimate of drug-likeness (QED) is 0.373. The van der Waals surface area contributed by atoms with Crippen LogP contribution in [0.5, 0.6) is 0 Å². The summed E-state index contributed by atoms with van der Waals surface area (Å²) in [7, 11) is 0. The van der Waals surface area contributed by atoms with E-state index >= 15 is 0 Å². The molecule has 1 N–H and O–H groups in total. The summed E-state index contributed by atoms with van der Waals surface area (Å²) >= 11 is 0. The van der Waals surface area contributed by atoms with Crippen LogP contribution in [0, 0.1) is 6.92 Å². The number of benzene rings is 2. The van der Waals surface area contributed by atoms with Gasteiger partial charge >= 0.3 is 0 Å². The molecule has 0 aliphatic heterocycles. The first-order valence-electron chi connectivity index (χ1n) is 9.45. The number of hydrogen-bond acceptors (Lipinski definition) is 2. The predicted molar refractivity (Wildman–Crippen MR) is 117 cm³/mol. The van der Waals surface area contributed by atoms with Crippen LogP contribution in [0.2, 0.25) is 0 Å². The molecule has 0 bridgehead atoms. The van der Waals surface area contributed by atoms with Gasteiger partial charge in [0.25, 0.3) is 5.91 Å². The standard InChI is InChI=1S/C24H27N3O/c1-6-15-27-17(2)21(20-9-7-8-10-22(20)27)16-25-26-23(28)18-11-13-19(14-12-18)24(3,4)5/h6-14,16H,1,15H2,2-5H3,(H,26,28)/b25-16-. The van der Waals surface area contributed by atoms with E-state index in [1.807, 2.05) is 42.5 Å². The van der Waals surface area contributed by atoms with E-state index in [0.29, 0.717) is 5.56 Å². The van der Waals surface area contributed by atoms with Crippen LogP contribution in [0.25, 0.3) is 10.9 Å². The van der Waals surface area contributed by atoms with Gasteiger partial charge in [0.05, 0.1) is 6.21 Å². The van der Waals surface area contributed by atoms with Crippen LogP contribution in [0.4, 0.5) is 0 Å². The van der Waals surface area contributed by atoms with Crippen molar-refractivity contribution in [1.29, 1.82) is 0 Å². The summed E-state index contributed by atoms with van der Waals surface area (Å²) in [6.45, 7) is 13.1. The van der Waals surface area contributed by atoms with E-state index in [0.717, 1.165) is 28.7 Å². The Morgan fingerprint density at radius 3 is 2.46 bits per heavy atom. The van der Waals surface area contributed by atoms with Gasteiger partial charge in [-0.2, -0.15) is 5.10 Å². The number of fused-ring (bicyclic) bond motifs is 1. The number of nitrogens with one attached hydrogen (secondary N) is 1. The molecule has 1 aromatic heterocycles. The van der Waals surface area contributed by atoms with Gasteiger partial charge in [-0.3, -0.25) is 4.79 Å². The minimum atomic E-state index is -0.218. The van der Waals surface area contributed by atoms with E-state index in [-0.39, 0.29) is 11.3 Å². The smallest absolute Gasteiger partial charge is 0.271 e. The normalized spacial score (nSPS) is 11.9. The van der Waals surface area contributed by atoms with Crippen molar-refractivity contribution in [1.82, 2.24) is 9.99 Å². The van der Waals surface area contributed by atoms with Crippen molar-refractivity contribution < 1.29 is 4.79 Å². The maximum Gasteiger partial charge on any atom is 0.271 e. The zero-order valence-electron chi connectivity index (χ0n) is 17.0. The van der Waals surface area contributed by atoms with Gasteiger partial charge in [-0.1, -0.05) is 57.2 Å². The first kappa shape index (κ1) is 19.6. The van der Waals surface area contributed by atoms with E-state index in [9.17, 15) is 4.79 Å². The van der Waals surface area contributed by atoms with Gasteiger partial charge in [0.2, 0.25) is 0 Å². The monoisotopic (exact) mass is 373 g/mol. The van der Waals surface area contributed by atoms with Crippen LogP contribution in [0.3, 0.4) is 0 Å². The molecule has 0 atom stereocenters. The molecule has 0 fully saturated rings. The maximum atomic E-state index is 12.4. The van der Waals surface area contributed by atoms with E-state index in [4.69, 9.17) is 0 Å². The van der Waals surface area contributed by atoms with Crippen molar-refractivity contribution in [2.75, 3.05) is 0 Å². The molecule has 28 heavy (non-hydrogen) atoms. The number of amides is 1. The minimum Gasteiger partial charge on any atom is -0.340 e. The lowest BCUT2D eigenvalue weighted by Crippen LogP contribution is -2.18. The Kier molecular flexibility index (Phi) is 5.50. The number of allylic oxidation sites excluding steroid dienone is 1. The average Bonchev–Trinajstić information content (AvgIpc) is 2.93. The highest BCUT2D eigenvalue weighted by atomic mass is 16.2. The predicted octanol–water partition coefficient (Wildman–Crippen LogP) is 5.20. The first-order valence-corrected chi connectivity index (χ1v) is 9.45. The van der Waals surface area contributed by atoms with Crippen molar-refractivity contribution in [3.63, 3.8) is 0 Å². The van der Waals surface area contributed by atoms with E-state index in [1.54, 1.807) is 6.21 Å². The lowest BCUT2D eigenvalue weighted by molar-refractivity contribution is 0.0955. The van der Waals surface area contributed by atoms with E-state index < -0.39 is 0 Å². The summed E-state index contributed by atoms with van der Waals surface area (Å²) in [5.41, 5.74) is 7.71. The molecule has 4 nitrogen and oxygen atoms in total. The van der Waals surface area contributed by atoms with Gasteiger partial charge in [-0.15, -0.1) is 6.58 Å². The molecule has 4 heteroatoms. The lowest BCUT2D eigenvalue weighted by atomic mass is 9.87. The summed E-state index contributed by atoms with van der Waals surface area (Å²) in [5, 5.41) is 5.32. The Balaban J connectivity index is 1.80. The molecule has 3 aromatic rings. The molecule has 1 heterocycles. The number of carbonyl (C=O) groups is 1. The van der Waals surface area contributed by atoms with Gasteiger partial charge in [0, 0.05) is 34.3 Å². The van der Waals surface area contributed by atoms with Gasteiger partial charge in [-0.25, -0.2) is 5.43 Å². The SMILES string of the molecule is C=CCn1c(C)c(/C=N\NC(=O)c2ccc(C(C)(C)C)cc2)c2ccccc21. The zero-order chi connectivity index (χ0) is 20.3. The second kappa shape index (κ2) is 7.85. The fourth-order valence-corrected chi connectivity index (χ4v) is 3.33. The molecule has 144 valence electrons. The van der Waals surface area contributed by atoms with Crippen molar-refractivity contribution in [3.8, 4) is 0 Å². The van der Waals surface area contributed by atoms with Crippen molar-refractivity contribution >= 4 is 23.0 Å². The molecule has 0 unspecified atom stereocenters. The Morgan fingerprint density at radius 2 is 1.82 bits per heavy atom. The molecule has 0 saturated carbocycles. The highest BCUT2D eigenvalue weighted by Crippen LogP contribution is 2.25. The summed E-state index contributed by atoms with van der Waals surface area (Å²) in [6.07, 6.45) is 3.60. The van der Waals surface area contributed by atoms with Gasteiger partial charge in [0.1, 0.15) is 0 Å². The summed E-state index contributed by atoms with van der Waals surface area (Å²) in [5.74, 6) is -0.218. The summed E-state index contributed by atoms with van der Waals surface area (Å²) in [4.78, 5) is 12.4. The van der Waals surface area contributed by atoms with Crippen LogP contribution in [-0.2, 0) is 12.0 Å². The molecule has 0 aliphatic rings. The first-order chi connectivity index (χ1) is 13.3. The molecule has 0 radical (unpaired) electrons. The highest BCUT2D eigenvalue weighted by Gasteiger charge is 2.14. The van der Waals surface area contributed by atoms with Crippen LogP contribution in [0.15, 0.2) is 66.3 Å². The molecule has 3 rings (SSSR count). The van der Waals surface area contributed by atoms with E-state index in [1.165, 1.54) is 5.56 Å². The third-order valence-corrected chi connectivity index (χ3v) is 4.96. The van der Waals surface area contributed by atoms with Crippen LogP contribution < -0.4 is 5.43 Å². The van der Waals surface area contributed by atoms with Crippen molar-refractivity contribution in [2.24, 2.45) is 5.10 Å². The molecule has 2 aromatic carbocycles. The molecular formula is C24H27N3O. The second-order valence-electron chi connectivity index (χ2n) is 7.94. The maximum absolute atomic E-state index is 12.4. The fourth-order valence-electron chi connectivity index (χ4n) is 3.33. The number of nitrogens with zero attached hydrogens (tertiary/aromatic N) is 2. The number of aromatic nitrogens is 1. The third kappa shape index (κ3) is 3.91. The number of hydrogen-bond donors (Lipinski definition) is 1. The largest absolute Gasteiger partial charge is 0.340 e. The third-order valence-electron chi connectivity index (χ3n) is 4.96. The number of carbonyl (C=O) groups excluding carboxylic acids is 1. The molecular weight excluding hydrogens is 346 g/mol. The Hall–Kier alpha value is -3.14. The number of hydrazone groups is 1. The number of para-hydroxylation sites is 1. The lowest BCUT2D eigenvalue weighted by Gasteiger charge is -2.18. The minimum absolute atomic E-state index is 0.0599. The van der Waals surface area contributed by atoms with Gasteiger partial charge in [-0.05, 0) is 36.1 Å².